The fraction of sp³-hybridized carbons (Fsp3) is 0.333. The molecule has 5 heteroatoms. The van der Waals surface area contributed by atoms with Crippen molar-refractivity contribution in [3.05, 3.63) is 22.8 Å². The maximum Gasteiger partial charge on any atom is 0.313 e. The Hall–Kier alpha value is -2.04. The van der Waals surface area contributed by atoms with Gasteiger partial charge in [0, 0.05) is 5.69 Å². The predicted molar refractivity (Wildman–Crippen MR) is 65.0 cm³/mol. The molecule has 1 aromatic carbocycles. The van der Waals surface area contributed by atoms with Gasteiger partial charge >= 0.3 is 11.8 Å². The molecule has 0 radical (unpaired) electrons. The summed E-state index contributed by atoms with van der Waals surface area (Å²) < 4.78 is 5.21. The van der Waals surface area contributed by atoms with Gasteiger partial charge in [0.2, 0.25) is 0 Å². The molecule has 0 saturated heterocycles. The van der Waals surface area contributed by atoms with Gasteiger partial charge in [-0.15, -0.1) is 0 Å². The van der Waals surface area contributed by atoms with Crippen molar-refractivity contribution in [2.45, 2.75) is 20.8 Å². The second kappa shape index (κ2) is 4.86. The number of nitrogens with one attached hydrogen (secondary N) is 1. The maximum atomic E-state index is 11.3. The molecule has 0 spiro atoms. The molecule has 92 valence electrons. The van der Waals surface area contributed by atoms with E-state index in [1.165, 1.54) is 0 Å². The molecule has 1 aromatic rings. The summed E-state index contributed by atoms with van der Waals surface area (Å²) in [6.45, 7) is 5.56. The second-order valence-corrected chi connectivity index (χ2v) is 3.84. The predicted octanol–water partition coefficient (Wildman–Crippen LogP) is 1.04. The standard InChI is InChI=1S/C12H16N2O3/c1-6-5-9(17-4)7(2)8(3)10(6)14-12(16)11(13)15/h5H,1-4H3,(H2,13,15)(H,14,16). The number of methoxy groups -OCH3 is 1. The van der Waals surface area contributed by atoms with E-state index >= 15 is 0 Å². The Morgan fingerprint density at radius 2 is 1.82 bits per heavy atom. The SMILES string of the molecule is COc1cc(C)c(NC(=O)C(N)=O)c(C)c1C. The Kier molecular flexibility index (Phi) is 3.73. The van der Waals surface area contributed by atoms with Gasteiger partial charge in [-0.25, -0.2) is 0 Å². The molecule has 0 fully saturated rings. The number of amides is 2. The molecule has 0 unspecified atom stereocenters. The average Bonchev–Trinajstić information content (AvgIpc) is 2.28. The van der Waals surface area contributed by atoms with E-state index in [1.54, 1.807) is 13.2 Å². The molecule has 0 atom stereocenters. The summed E-state index contributed by atoms with van der Waals surface area (Å²) in [4.78, 5) is 22.0. The maximum absolute atomic E-state index is 11.3. The fourth-order valence-corrected chi connectivity index (χ4v) is 1.62. The van der Waals surface area contributed by atoms with Gasteiger partial charge in [-0.2, -0.15) is 0 Å². The van der Waals surface area contributed by atoms with Crippen LogP contribution in [-0.2, 0) is 9.59 Å². The molecule has 0 aromatic heterocycles. The summed E-state index contributed by atoms with van der Waals surface area (Å²) in [5.74, 6) is -1.07. The highest BCUT2D eigenvalue weighted by atomic mass is 16.5. The minimum atomic E-state index is -1.00. The van der Waals surface area contributed by atoms with Crippen LogP contribution in [-0.4, -0.2) is 18.9 Å². The first-order valence-electron chi connectivity index (χ1n) is 5.14. The quantitative estimate of drug-likeness (QED) is 0.753. The van der Waals surface area contributed by atoms with Crippen LogP contribution in [0.15, 0.2) is 6.07 Å². The molecule has 0 saturated carbocycles. The smallest absolute Gasteiger partial charge is 0.313 e. The largest absolute Gasteiger partial charge is 0.496 e. The van der Waals surface area contributed by atoms with E-state index in [2.05, 4.69) is 5.32 Å². The van der Waals surface area contributed by atoms with Gasteiger partial charge in [-0.3, -0.25) is 9.59 Å². The second-order valence-electron chi connectivity index (χ2n) is 3.84. The first-order valence-corrected chi connectivity index (χ1v) is 5.14. The Balaban J connectivity index is 3.22. The molecule has 0 aliphatic rings. The highest BCUT2D eigenvalue weighted by molar-refractivity contribution is 6.39. The number of anilines is 1. The van der Waals surface area contributed by atoms with Crippen molar-refractivity contribution < 1.29 is 14.3 Å². The summed E-state index contributed by atoms with van der Waals surface area (Å²) in [7, 11) is 1.59. The fourth-order valence-electron chi connectivity index (χ4n) is 1.62. The number of carbonyl (C=O) groups is 2. The third kappa shape index (κ3) is 2.55. The molecule has 17 heavy (non-hydrogen) atoms. The van der Waals surface area contributed by atoms with E-state index in [4.69, 9.17) is 10.5 Å². The van der Waals surface area contributed by atoms with Gasteiger partial charge < -0.3 is 15.8 Å². The zero-order valence-electron chi connectivity index (χ0n) is 10.4. The highest BCUT2D eigenvalue weighted by Gasteiger charge is 2.15. The Morgan fingerprint density at radius 1 is 1.24 bits per heavy atom. The van der Waals surface area contributed by atoms with Crippen LogP contribution in [0.2, 0.25) is 0 Å². The molecule has 3 N–H and O–H groups in total. The minimum Gasteiger partial charge on any atom is -0.496 e. The number of carbonyl (C=O) groups excluding carboxylic acids is 2. The van der Waals surface area contributed by atoms with Crippen LogP contribution in [0, 0.1) is 20.8 Å². The summed E-state index contributed by atoms with van der Waals surface area (Å²) in [5, 5.41) is 2.50. The average molecular weight is 236 g/mol. The lowest BCUT2D eigenvalue weighted by molar-refractivity contribution is -0.134. The summed E-state index contributed by atoms with van der Waals surface area (Å²) >= 11 is 0. The normalized spacial score (nSPS) is 9.88. The van der Waals surface area contributed by atoms with E-state index < -0.39 is 11.8 Å². The van der Waals surface area contributed by atoms with Crippen molar-refractivity contribution in [3.63, 3.8) is 0 Å². The number of ether oxygens (including phenoxy) is 1. The number of hydrogen-bond donors (Lipinski definition) is 2. The first-order chi connectivity index (χ1) is 7.88. The minimum absolute atomic E-state index is 0.604. The molecule has 0 bridgehead atoms. The summed E-state index contributed by atoms with van der Waals surface area (Å²) in [6.07, 6.45) is 0. The molecule has 1 rings (SSSR count). The lowest BCUT2D eigenvalue weighted by Gasteiger charge is -2.15. The first kappa shape index (κ1) is 13.0. The number of nitrogens with two attached hydrogens (primary N) is 1. The van der Waals surface area contributed by atoms with Crippen LogP contribution in [0.5, 0.6) is 5.75 Å². The van der Waals surface area contributed by atoms with Gasteiger partial charge in [0.1, 0.15) is 5.75 Å². The highest BCUT2D eigenvalue weighted by Crippen LogP contribution is 2.30. The molecule has 5 nitrogen and oxygen atoms in total. The van der Waals surface area contributed by atoms with Gasteiger partial charge in [0.25, 0.3) is 0 Å². The molecule has 0 heterocycles. The zero-order valence-corrected chi connectivity index (χ0v) is 10.4. The van der Waals surface area contributed by atoms with Gasteiger partial charge in [-0.1, -0.05) is 0 Å². The number of benzene rings is 1. The van der Waals surface area contributed by atoms with E-state index in [0.717, 1.165) is 22.4 Å². The summed E-state index contributed by atoms with van der Waals surface area (Å²) in [5.41, 5.74) is 8.10. The van der Waals surface area contributed by atoms with E-state index in [0.29, 0.717) is 5.69 Å². The van der Waals surface area contributed by atoms with Crippen LogP contribution in [0.25, 0.3) is 0 Å². The van der Waals surface area contributed by atoms with Crippen LogP contribution in [0.4, 0.5) is 5.69 Å². The Bertz CT molecular complexity index is 481. The van der Waals surface area contributed by atoms with E-state index in [9.17, 15) is 9.59 Å². The number of aryl methyl sites for hydroxylation is 1. The van der Waals surface area contributed by atoms with Crippen molar-refractivity contribution >= 4 is 17.5 Å². The molecule has 2 amide bonds. The number of primary amides is 1. The zero-order chi connectivity index (χ0) is 13.2. The third-order valence-corrected chi connectivity index (χ3v) is 2.73. The van der Waals surface area contributed by atoms with Crippen molar-refractivity contribution in [2.24, 2.45) is 5.73 Å². The van der Waals surface area contributed by atoms with E-state index in [1.807, 2.05) is 20.8 Å². The van der Waals surface area contributed by atoms with Gasteiger partial charge in [0.05, 0.1) is 7.11 Å². The summed E-state index contributed by atoms with van der Waals surface area (Å²) in [6, 6.07) is 1.80. The Labute approximate surface area is 99.9 Å². The van der Waals surface area contributed by atoms with E-state index in [-0.39, 0.29) is 0 Å². The molecular weight excluding hydrogens is 220 g/mol. The Morgan fingerprint density at radius 3 is 2.29 bits per heavy atom. The van der Waals surface area contributed by atoms with Crippen LogP contribution in [0.1, 0.15) is 16.7 Å². The molecule has 0 aliphatic carbocycles. The van der Waals surface area contributed by atoms with Crippen LogP contribution in [0.3, 0.4) is 0 Å². The molecular formula is C12H16N2O3. The third-order valence-electron chi connectivity index (χ3n) is 2.73. The van der Waals surface area contributed by atoms with Crippen molar-refractivity contribution in [2.75, 3.05) is 12.4 Å². The van der Waals surface area contributed by atoms with Gasteiger partial charge in [0.15, 0.2) is 0 Å². The number of rotatable bonds is 2. The molecule has 0 aliphatic heterocycles. The van der Waals surface area contributed by atoms with Crippen LogP contribution < -0.4 is 15.8 Å². The van der Waals surface area contributed by atoms with Crippen molar-refractivity contribution in [1.82, 2.24) is 0 Å². The van der Waals surface area contributed by atoms with Crippen LogP contribution >= 0.6 is 0 Å². The lowest BCUT2D eigenvalue weighted by Crippen LogP contribution is -2.30. The van der Waals surface area contributed by atoms with Crippen molar-refractivity contribution in [1.29, 1.82) is 0 Å². The monoisotopic (exact) mass is 236 g/mol. The number of hydrogen-bond acceptors (Lipinski definition) is 3. The lowest BCUT2D eigenvalue weighted by atomic mass is 10.0. The van der Waals surface area contributed by atoms with Gasteiger partial charge in [-0.05, 0) is 43.5 Å². The topological polar surface area (TPSA) is 81.4 Å². The van der Waals surface area contributed by atoms with Crippen molar-refractivity contribution in [3.8, 4) is 5.75 Å².